The van der Waals surface area contributed by atoms with Crippen molar-refractivity contribution >= 4 is 27.9 Å². The Morgan fingerprint density at radius 3 is 1.80 bits per heavy atom. The highest BCUT2D eigenvalue weighted by molar-refractivity contribution is 7.88. The highest BCUT2D eigenvalue weighted by atomic mass is 32.2. The Morgan fingerprint density at radius 2 is 1.34 bits per heavy atom. The molecule has 0 aromatic heterocycles. The zero-order valence-electron chi connectivity index (χ0n) is 23.7. The second-order valence-electron chi connectivity index (χ2n) is 10.4. The summed E-state index contributed by atoms with van der Waals surface area (Å²) < 4.78 is 27.6. The normalized spacial score (nSPS) is 20.2. The van der Waals surface area contributed by atoms with Gasteiger partial charge in [-0.2, -0.15) is 4.31 Å². The molecule has 0 spiro atoms. The largest absolute Gasteiger partial charge is 0.480 e. The fourth-order valence-corrected chi connectivity index (χ4v) is 6.00. The van der Waals surface area contributed by atoms with Crippen molar-refractivity contribution in [2.75, 3.05) is 84.8 Å². The van der Waals surface area contributed by atoms with E-state index in [0.29, 0.717) is 6.42 Å². The topological polar surface area (TPSA) is 182 Å². The quantitative estimate of drug-likeness (QED) is 0.209. The molecule has 1 saturated heterocycles. The van der Waals surface area contributed by atoms with Gasteiger partial charge in [-0.25, -0.2) is 8.42 Å². The molecule has 1 aliphatic heterocycles. The maximum Gasteiger partial charge on any atom is 0.317 e. The van der Waals surface area contributed by atoms with Gasteiger partial charge in [-0.05, 0) is 18.9 Å². The zero-order chi connectivity index (χ0) is 30.6. The fourth-order valence-electron chi connectivity index (χ4n) is 4.94. The number of nitrogens with zero attached hydrogens (tertiary/aromatic N) is 5. The molecule has 0 amide bonds. The molecule has 232 valence electrons. The molecule has 1 heterocycles. The van der Waals surface area contributed by atoms with E-state index in [0.717, 1.165) is 11.8 Å². The van der Waals surface area contributed by atoms with Gasteiger partial charge in [0.25, 0.3) is 0 Å². The number of benzene rings is 1. The number of hydrogen-bond donors (Lipinski definition) is 4. The molecule has 1 aromatic carbocycles. The van der Waals surface area contributed by atoms with Crippen molar-refractivity contribution in [2.24, 2.45) is 0 Å². The number of aliphatic carboxylic acids is 3. The van der Waals surface area contributed by atoms with Crippen molar-refractivity contribution in [1.82, 2.24) is 23.9 Å². The van der Waals surface area contributed by atoms with E-state index in [4.69, 9.17) is 0 Å². The molecule has 1 aliphatic rings. The lowest BCUT2D eigenvalue weighted by Crippen LogP contribution is -2.60. The molecular formula is C26H43N5O9S. The van der Waals surface area contributed by atoms with Crippen molar-refractivity contribution < 1.29 is 43.2 Å². The molecule has 1 fully saturated rings. The average Bonchev–Trinajstić information content (AvgIpc) is 2.85. The van der Waals surface area contributed by atoms with Crippen LogP contribution in [0.1, 0.15) is 12.5 Å². The lowest BCUT2D eigenvalue weighted by molar-refractivity contribution is -0.141. The summed E-state index contributed by atoms with van der Waals surface area (Å²) >= 11 is 0. The molecule has 2 unspecified atom stereocenters. The van der Waals surface area contributed by atoms with E-state index in [9.17, 15) is 43.2 Å². The first-order valence-corrected chi connectivity index (χ1v) is 15.3. The third kappa shape index (κ3) is 13.2. The van der Waals surface area contributed by atoms with Crippen LogP contribution in [-0.4, -0.2) is 168 Å². The van der Waals surface area contributed by atoms with Gasteiger partial charge in [-0.3, -0.25) is 34.0 Å². The third-order valence-corrected chi connectivity index (χ3v) is 8.09. The highest BCUT2D eigenvalue weighted by Crippen LogP contribution is 2.16. The van der Waals surface area contributed by atoms with Crippen molar-refractivity contribution in [3.63, 3.8) is 0 Å². The Labute approximate surface area is 241 Å². The maximum atomic E-state index is 13.2. The van der Waals surface area contributed by atoms with Crippen LogP contribution in [0.3, 0.4) is 0 Å². The lowest BCUT2D eigenvalue weighted by atomic mass is 10.1. The predicted molar refractivity (Wildman–Crippen MR) is 151 cm³/mol. The molecule has 0 saturated carbocycles. The first-order valence-electron chi connectivity index (χ1n) is 13.5. The van der Waals surface area contributed by atoms with Gasteiger partial charge in [0.15, 0.2) is 0 Å². The fraction of sp³-hybridized carbons (Fsp3) is 0.654. The van der Waals surface area contributed by atoms with Crippen LogP contribution in [-0.2, 0) is 30.8 Å². The Morgan fingerprint density at radius 1 is 0.854 bits per heavy atom. The van der Waals surface area contributed by atoms with Crippen molar-refractivity contribution in [3.8, 4) is 0 Å². The number of sulfonamides is 1. The molecule has 15 heteroatoms. The first kappa shape index (κ1) is 34.5. The molecule has 0 bridgehead atoms. The number of carbonyl (C=O) groups is 3. The van der Waals surface area contributed by atoms with Gasteiger partial charge < -0.3 is 20.4 Å². The Bertz CT molecular complexity index is 1090. The van der Waals surface area contributed by atoms with Crippen molar-refractivity contribution in [2.45, 2.75) is 25.6 Å². The summed E-state index contributed by atoms with van der Waals surface area (Å²) in [5.74, 6) is -3.30. The number of β-amino-alcohol motifs (C(OH)–C–C–N with tert-alkyl or cyclic N) is 1. The van der Waals surface area contributed by atoms with Gasteiger partial charge >= 0.3 is 17.9 Å². The molecule has 2 atom stereocenters. The molecule has 2 rings (SSSR count). The van der Waals surface area contributed by atoms with E-state index in [1.807, 2.05) is 35.2 Å². The van der Waals surface area contributed by atoms with E-state index in [2.05, 4.69) is 0 Å². The number of aliphatic hydroxyl groups is 1. The summed E-state index contributed by atoms with van der Waals surface area (Å²) in [4.78, 5) is 41.6. The van der Waals surface area contributed by atoms with Crippen LogP contribution in [0.2, 0.25) is 0 Å². The first-order chi connectivity index (χ1) is 19.2. The second-order valence-corrected chi connectivity index (χ2v) is 12.3. The van der Waals surface area contributed by atoms with Crippen molar-refractivity contribution in [1.29, 1.82) is 0 Å². The SMILES string of the molecule is CC(O)CN1CCN(CC(=O)O)CCN(CC(=O)O)CCN(CC(=O)O)C(N(CCc2ccccc2)S(C)(=O)=O)C1. The van der Waals surface area contributed by atoms with Crippen LogP contribution < -0.4 is 0 Å². The Kier molecular flexibility index (Phi) is 14.1. The van der Waals surface area contributed by atoms with Crippen LogP contribution in [0.5, 0.6) is 0 Å². The summed E-state index contributed by atoms with van der Waals surface area (Å²) in [6.45, 7) is 1.90. The standard InChI is InChI=1S/C26H43N5O9S/c1-21(32)16-29-13-12-27(18-24(33)34)10-11-28(19-25(35)36)14-15-30(20-26(37)38)23(17-29)31(41(2,39)40)9-8-22-6-4-3-5-7-22/h3-7,21,23,32H,8-20H2,1-2H3,(H,33,34)(H,35,36)(H,37,38). The minimum atomic E-state index is -3.87. The van der Waals surface area contributed by atoms with Crippen LogP contribution in [0.25, 0.3) is 0 Å². The Hall–Kier alpha value is -2.66. The predicted octanol–water partition coefficient (Wildman–Crippen LogP) is -1.33. The number of carboxylic acids is 3. The maximum absolute atomic E-state index is 13.2. The molecule has 0 radical (unpaired) electrons. The minimum absolute atomic E-state index is 0.0415. The Balaban J connectivity index is 2.53. The van der Waals surface area contributed by atoms with Gasteiger partial charge in [0, 0.05) is 58.9 Å². The van der Waals surface area contributed by atoms with Crippen LogP contribution in [0, 0.1) is 0 Å². The van der Waals surface area contributed by atoms with E-state index < -0.39 is 46.7 Å². The van der Waals surface area contributed by atoms with E-state index in [1.165, 1.54) is 9.21 Å². The molecule has 0 aliphatic carbocycles. The molecule has 41 heavy (non-hydrogen) atoms. The number of aliphatic hydroxyl groups excluding tert-OH is 1. The second kappa shape index (κ2) is 16.7. The summed E-state index contributed by atoms with van der Waals surface area (Å²) in [6, 6.07) is 9.28. The molecular weight excluding hydrogens is 558 g/mol. The summed E-state index contributed by atoms with van der Waals surface area (Å²) in [6.07, 6.45) is -0.300. The molecule has 14 nitrogen and oxygen atoms in total. The molecule has 4 N–H and O–H groups in total. The average molecular weight is 602 g/mol. The van der Waals surface area contributed by atoms with E-state index in [-0.39, 0.29) is 72.0 Å². The lowest BCUT2D eigenvalue weighted by Gasteiger charge is -2.42. The smallest absolute Gasteiger partial charge is 0.317 e. The van der Waals surface area contributed by atoms with Gasteiger partial charge in [0.1, 0.15) is 0 Å². The van der Waals surface area contributed by atoms with Crippen LogP contribution in [0.15, 0.2) is 30.3 Å². The van der Waals surface area contributed by atoms with Gasteiger partial charge in [-0.15, -0.1) is 0 Å². The summed E-state index contributed by atoms with van der Waals surface area (Å²) in [5.41, 5.74) is 0.900. The van der Waals surface area contributed by atoms with E-state index >= 15 is 0 Å². The third-order valence-electron chi connectivity index (χ3n) is 6.81. The summed E-state index contributed by atoms with van der Waals surface area (Å²) in [7, 11) is -3.87. The van der Waals surface area contributed by atoms with Crippen LogP contribution in [0.4, 0.5) is 0 Å². The van der Waals surface area contributed by atoms with E-state index in [1.54, 1.807) is 16.7 Å². The van der Waals surface area contributed by atoms with Crippen molar-refractivity contribution in [3.05, 3.63) is 35.9 Å². The number of rotatable bonds is 13. The summed E-state index contributed by atoms with van der Waals surface area (Å²) in [5, 5.41) is 38.9. The van der Waals surface area contributed by atoms with Gasteiger partial charge in [0.05, 0.1) is 38.2 Å². The molecule has 1 aromatic rings. The highest BCUT2D eigenvalue weighted by Gasteiger charge is 2.35. The zero-order valence-corrected chi connectivity index (χ0v) is 24.5. The van der Waals surface area contributed by atoms with Crippen LogP contribution >= 0.6 is 0 Å². The van der Waals surface area contributed by atoms with Gasteiger partial charge in [-0.1, -0.05) is 30.3 Å². The minimum Gasteiger partial charge on any atom is -0.480 e. The monoisotopic (exact) mass is 601 g/mol. The number of carboxylic acid groups (broad SMARTS) is 3. The number of hydrogen-bond acceptors (Lipinski definition) is 10. The van der Waals surface area contributed by atoms with Gasteiger partial charge in [0.2, 0.25) is 10.0 Å².